The van der Waals surface area contributed by atoms with E-state index in [2.05, 4.69) is 242 Å². The molecule has 0 unspecified atom stereocenters. The lowest BCUT2D eigenvalue weighted by Gasteiger charge is -2.26. The molecule has 0 aliphatic heterocycles. The highest BCUT2D eigenvalue weighted by atomic mass is 15.1. The van der Waals surface area contributed by atoms with Crippen LogP contribution in [0.15, 0.2) is 218 Å². The largest absolute Gasteiger partial charge is 0.310 e. The van der Waals surface area contributed by atoms with E-state index in [1.165, 1.54) is 77.4 Å². The van der Waals surface area contributed by atoms with Crippen molar-refractivity contribution in [3.8, 4) is 50.2 Å². The van der Waals surface area contributed by atoms with Gasteiger partial charge in [-0.2, -0.15) is 0 Å². The minimum atomic E-state index is -0.113. The maximum atomic E-state index is 2.52. The lowest BCUT2D eigenvalue weighted by molar-refractivity contribution is 0.661. The highest BCUT2D eigenvalue weighted by Crippen LogP contribution is 2.53. The monoisotopic (exact) mass is 754 g/mol. The van der Waals surface area contributed by atoms with Crippen LogP contribution in [0.3, 0.4) is 0 Å². The molecule has 1 aromatic heterocycles. The Hall–Kier alpha value is -7.42. The summed E-state index contributed by atoms with van der Waals surface area (Å²) < 4.78 is 2.52. The van der Waals surface area contributed by atoms with Crippen molar-refractivity contribution >= 4 is 38.9 Å². The van der Waals surface area contributed by atoms with Gasteiger partial charge in [-0.25, -0.2) is 0 Å². The Morgan fingerprint density at radius 2 is 0.814 bits per heavy atom. The molecule has 0 amide bonds. The molecule has 2 nitrogen and oxygen atoms in total. The van der Waals surface area contributed by atoms with Gasteiger partial charge in [0.15, 0.2) is 0 Å². The number of benzene rings is 9. The predicted octanol–water partition coefficient (Wildman–Crippen LogP) is 15.6. The first-order valence-electron chi connectivity index (χ1n) is 20.5. The highest BCUT2D eigenvalue weighted by Gasteiger charge is 2.37. The zero-order valence-electron chi connectivity index (χ0n) is 33.2. The normalized spacial score (nSPS) is 12.7. The SMILES string of the molecule is CC1(C)c2ccccc2-c2c1ccc1c3ccc(N(c4ccc(-c5ccccc5)cc4)c4ccc(-c5ccccc5)cc4)cc3n(-c3ccc(-c4ccccc4)cc3)c21. The van der Waals surface area contributed by atoms with Crippen LogP contribution in [0.5, 0.6) is 0 Å². The van der Waals surface area contributed by atoms with Gasteiger partial charge in [0.25, 0.3) is 0 Å². The average molecular weight is 755 g/mol. The van der Waals surface area contributed by atoms with E-state index >= 15 is 0 Å². The van der Waals surface area contributed by atoms with Gasteiger partial charge in [-0.05, 0) is 98.6 Å². The van der Waals surface area contributed by atoms with Gasteiger partial charge in [-0.3, -0.25) is 0 Å². The van der Waals surface area contributed by atoms with E-state index in [9.17, 15) is 0 Å². The Morgan fingerprint density at radius 3 is 1.36 bits per heavy atom. The van der Waals surface area contributed by atoms with Crippen LogP contribution in [0.25, 0.3) is 72.0 Å². The second-order valence-electron chi connectivity index (χ2n) is 16.2. The zero-order valence-corrected chi connectivity index (χ0v) is 33.2. The van der Waals surface area contributed by atoms with Gasteiger partial charge < -0.3 is 9.47 Å². The summed E-state index contributed by atoms with van der Waals surface area (Å²) >= 11 is 0. The quantitative estimate of drug-likeness (QED) is 0.157. The molecule has 280 valence electrons. The van der Waals surface area contributed by atoms with E-state index in [-0.39, 0.29) is 5.41 Å². The van der Waals surface area contributed by atoms with Crippen molar-refractivity contribution in [3.05, 3.63) is 230 Å². The third kappa shape index (κ3) is 5.79. The van der Waals surface area contributed by atoms with Crippen LogP contribution >= 0.6 is 0 Å². The molecule has 0 N–H and O–H groups in total. The minimum Gasteiger partial charge on any atom is -0.310 e. The molecule has 0 fully saturated rings. The molecule has 2 heteroatoms. The molecule has 10 aromatic rings. The van der Waals surface area contributed by atoms with Crippen LogP contribution < -0.4 is 4.90 Å². The molecule has 59 heavy (non-hydrogen) atoms. The molecule has 9 aromatic carbocycles. The Morgan fingerprint density at radius 1 is 0.373 bits per heavy atom. The first kappa shape index (κ1) is 34.8. The summed E-state index contributed by atoms with van der Waals surface area (Å²) in [7, 11) is 0. The smallest absolute Gasteiger partial charge is 0.0622 e. The zero-order chi connectivity index (χ0) is 39.5. The van der Waals surface area contributed by atoms with E-state index in [1.54, 1.807) is 0 Å². The molecular weight excluding hydrogens is 713 g/mol. The number of anilines is 3. The molecule has 1 heterocycles. The summed E-state index contributed by atoms with van der Waals surface area (Å²) in [5.41, 5.74) is 19.4. The van der Waals surface area contributed by atoms with Crippen molar-refractivity contribution in [1.29, 1.82) is 0 Å². The van der Waals surface area contributed by atoms with Gasteiger partial charge in [-0.1, -0.05) is 184 Å². The van der Waals surface area contributed by atoms with Gasteiger partial charge in [0.05, 0.1) is 11.0 Å². The Labute approximate surface area is 345 Å². The fraction of sp³-hybridized carbons (Fsp3) is 0.0526. The maximum absolute atomic E-state index is 2.52. The lowest BCUT2D eigenvalue weighted by Crippen LogP contribution is -2.14. The second kappa shape index (κ2) is 13.9. The van der Waals surface area contributed by atoms with E-state index in [1.807, 2.05) is 0 Å². The topological polar surface area (TPSA) is 8.17 Å². The van der Waals surface area contributed by atoms with Gasteiger partial charge in [0.1, 0.15) is 0 Å². The van der Waals surface area contributed by atoms with Crippen molar-refractivity contribution in [2.45, 2.75) is 19.3 Å². The lowest BCUT2D eigenvalue weighted by atomic mass is 9.82. The van der Waals surface area contributed by atoms with Crippen molar-refractivity contribution < 1.29 is 0 Å². The fourth-order valence-corrected chi connectivity index (χ4v) is 9.43. The third-order valence-corrected chi connectivity index (χ3v) is 12.4. The molecule has 1 aliphatic carbocycles. The first-order valence-corrected chi connectivity index (χ1v) is 20.5. The van der Waals surface area contributed by atoms with Crippen LogP contribution in [0.2, 0.25) is 0 Å². The number of aromatic nitrogens is 1. The number of fused-ring (bicyclic) bond motifs is 7. The van der Waals surface area contributed by atoms with E-state index in [4.69, 9.17) is 0 Å². The van der Waals surface area contributed by atoms with Crippen molar-refractivity contribution in [1.82, 2.24) is 4.57 Å². The summed E-state index contributed by atoms with van der Waals surface area (Å²) in [6, 6.07) is 79.7. The predicted molar refractivity (Wildman–Crippen MR) is 249 cm³/mol. The summed E-state index contributed by atoms with van der Waals surface area (Å²) in [5, 5.41) is 2.50. The molecule has 0 atom stereocenters. The average Bonchev–Trinajstić information content (AvgIpc) is 3.76. The molecule has 0 saturated heterocycles. The van der Waals surface area contributed by atoms with Crippen molar-refractivity contribution in [2.75, 3.05) is 4.90 Å². The minimum absolute atomic E-state index is 0.113. The molecule has 0 saturated carbocycles. The van der Waals surface area contributed by atoms with Crippen LogP contribution in [0.4, 0.5) is 17.1 Å². The van der Waals surface area contributed by atoms with Crippen LogP contribution in [0, 0.1) is 0 Å². The molecule has 0 spiro atoms. The molecule has 1 aliphatic rings. The Balaban J connectivity index is 1.14. The highest BCUT2D eigenvalue weighted by molar-refractivity contribution is 6.16. The van der Waals surface area contributed by atoms with Crippen LogP contribution in [-0.4, -0.2) is 4.57 Å². The summed E-state index contributed by atoms with van der Waals surface area (Å²) in [6.07, 6.45) is 0. The molecule has 0 radical (unpaired) electrons. The van der Waals surface area contributed by atoms with Gasteiger partial charge in [0, 0.05) is 44.5 Å². The molecular formula is C57H42N2. The van der Waals surface area contributed by atoms with Crippen molar-refractivity contribution in [3.63, 3.8) is 0 Å². The van der Waals surface area contributed by atoms with Crippen LogP contribution in [0.1, 0.15) is 25.0 Å². The summed E-state index contributed by atoms with van der Waals surface area (Å²) in [6.45, 7) is 4.74. The molecule has 0 bridgehead atoms. The maximum Gasteiger partial charge on any atom is 0.0622 e. The van der Waals surface area contributed by atoms with E-state index < -0.39 is 0 Å². The summed E-state index contributed by atoms with van der Waals surface area (Å²) in [5.74, 6) is 0. The fourth-order valence-electron chi connectivity index (χ4n) is 9.43. The summed E-state index contributed by atoms with van der Waals surface area (Å²) in [4.78, 5) is 2.40. The Kier molecular flexibility index (Phi) is 8.20. The Bertz CT molecular complexity index is 3040. The number of hydrogen-bond donors (Lipinski definition) is 0. The van der Waals surface area contributed by atoms with Crippen molar-refractivity contribution in [2.24, 2.45) is 0 Å². The van der Waals surface area contributed by atoms with Gasteiger partial charge >= 0.3 is 0 Å². The van der Waals surface area contributed by atoms with E-state index in [0.29, 0.717) is 0 Å². The van der Waals surface area contributed by atoms with Gasteiger partial charge in [-0.15, -0.1) is 0 Å². The third-order valence-electron chi connectivity index (χ3n) is 12.4. The van der Waals surface area contributed by atoms with E-state index in [0.717, 1.165) is 22.7 Å². The number of nitrogens with zero attached hydrogens (tertiary/aromatic N) is 2. The second-order valence-corrected chi connectivity index (χ2v) is 16.2. The van der Waals surface area contributed by atoms with Gasteiger partial charge in [0.2, 0.25) is 0 Å². The van der Waals surface area contributed by atoms with Crippen LogP contribution in [-0.2, 0) is 5.41 Å². The first-order chi connectivity index (χ1) is 29.0. The molecule has 11 rings (SSSR count). The standard InChI is InChI=1S/C57H42N2/c1-57(2)52-21-13-12-20-51(52)55-53(57)37-36-50-49-35-34-48(38-54(49)59(56(50)55)47-32-26-44(27-33-47)41-18-10-5-11-19-41)58(45-28-22-42(23-29-45)39-14-6-3-7-15-39)46-30-24-43(25-31-46)40-16-8-4-9-17-40/h3-38H,1-2H3. The number of hydrogen-bond acceptors (Lipinski definition) is 1. The number of rotatable bonds is 7.